The van der Waals surface area contributed by atoms with Gasteiger partial charge < -0.3 is 5.73 Å². The van der Waals surface area contributed by atoms with Crippen LogP contribution < -0.4 is 22.3 Å². The number of nitrogens with zero attached hydrogens (tertiary/aromatic N) is 1. The first-order valence-electron chi connectivity index (χ1n) is 6.85. The molecule has 0 saturated carbocycles. The van der Waals surface area contributed by atoms with Crippen LogP contribution in [0, 0.1) is 0 Å². The lowest BCUT2D eigenvalue weighted by molar-refractivity contribution is -0.137. The van der Waals surface area contributed by atoms with Crippen molar-refractivity contribution >= 4 is 17.6 Å². The summed E-state index contributed by atoms with van der Waals surface area (Å²) < 4.78 is 40.7. The van der Waals surface area contributed by atoms with Crippen LogP contribution in [0.5, 0.6) is 0 Å². The van der Waals surface area contributed by atoms with E-state index in [-0.39, 0.29) is 27.7 Å². The Bertz CT molecular complexity index is 821. The van der Waals surface area contributed by atoms with Crippen LogP contribution >= 0.6 is 11.6 Å². The van der Waals surface area contributed by atoms with Crippen LogP contribution in [0.1, 0.15) is 11.1 Å². The number of nitrogens with two attached hydrogens (primary N) is 2. The Hall–Kier alpha value is -2.29. The highest BCUT2D eigenvalue weighted by atomic mass is 35.5. The van der Waals surface area contributed by atoms with Crippen molar-refractivity contribution in [2.24, 2.45) is 16.5 Å². The van der Waals surface area contributed by atoms with Gasteiger partial charge in [-0.25, -0.2) is 4.99 Å². The minimum Gasteiger partial charge on any atom is -0.369 e. The van der Waals surface area contributed by atoms with Gasteiger partial charge in [-0.1, -0.05) is 41.9 Å². The molecule has 0 radical (unpaired) electrons. The molecule has 0 saturated heterocycles. The number of nitrogens with one attached hydrogen (secondary N) is 2. The standard InChI is InChI=1S/C15H13ClF3N5/c16-12-4-2-1-3-10(12)9-6-5-8(7-11(9)14(17,18)19)15(21)22-13(20)23-24-15/h1-7,24H,21H2,(H3,20,22,23). The molecule has 5 nitrogen and oxygen atoms in total. The number of rotatable bonds is 2. The normalized spacial score (nSPS) is 20.6. The zero-order chi connectivity index (χ0) is 17.5. The first kappa shape index (κ1) is 16.6. The third-order valence-electron chi connectivity index (χ3n) is 3.61. The summed E-state index contributed by atoms with van der Waals surface area (Å²) in [7, 11) is 0. The SMILES string of the molecule is NC1=NC(N)(c2ccc(-c3ccccc3Cl)c(C(F)(F)F)c2)NN1. The summed E-state index contributed by atoms with van der Waals surface area (Å²) in [6.45, 7) is 0. The Morgan fingerprint density at radius 3 is 2.38 bits per heavy atom. The molecule has 1 unspecified atom stereocenters. The van der Waals surface area contributed by atoms with E-state index in [0.717, 1.165) is 6.07 Å². The molecule has 0 bridgehead atoms. The molecule has 2 aromatic carbocycles. The maximum Gasteiger partial charge on any atom is 0.417 e. The van der Waals surface area contributed by atoms with Crippen LogP contribution in [0.3, 0.4) is 0 Å². The summed E-state index contributed by atoms with van der Waals surface area (Å²) in [5, 5.41) is 0.223. The van der Waals surface area contributed by atoms with Gasteiger partial charge in [-0.15, -0.1) is 0 Å². The molecule has 6 N–H and O–H groups in total. The maximum atomic E-state index is 13.6. The van der Waals surface area contributed by atoms with E-state index < -0.39 is 17.5 Å². The highest BCUT2D eigenvalue weighted by Gasteiger charge is 2.38. The monoisotopic (exact) mass is 355 g/mol. The highest BCUT2D eigenvalue weighted by molar-refractivity contribution is 6.33. The van der Waals surface area contributed by atoms with Gasteiger partial charge in [0, 0.05) is 16.1 Å². The summed E-state index contributed by atoms with van der Waals surface area (Å²) in [6.07, 6.45) is -4.60. The van der Waals surface area contributed by atoms with Crippen LogP contribution in [0.4, 0.5) is 13.2 Å². The van der Waals surface area contributed by atoms with Gasteiger partial charge >= 0.3 is 6.18 Å². The summed E-state index contributed by atoms with van der Waals surface area (Å²) in [6, 6.07) is 10.0. The van der Waals surface area contributed by atoms with Gasteiger partial charge in [0.15, 0.2) is 0 Å². The molecule has 3 rings (SSSR count). The minimum atomic E-state index is -4.60. The van der Waals surface area contributed by atoms with E-state index in [2.05, 4.69) is 15.8 Å². The largest absolute Gasteiger partial charge is 0.417 e. The third-order valence-corrected chi connectivity index (χ3v) is 3.94. The van der Waals surface area contributed by atoms with Gasteiger partial charge in [-0.05, 0) is 17.7 Å². The van der Waals surface area contributed by atoms with Crippen molar-refractivity contribution in [3.63, 3.8) is 0 Å². The topological polar surface area (TPSA) is 88.5 Å². The second kappa shape index (κ2) is 5.66. The molecular formula is C15H13ClF3N5. The smallest absolute Gasteiger partial charge is 0.369 e. The number of alkyl halides is 3. The molecule has 1 aliphatic rings. The van der Waals surface area contributed by atoms with Crippen molar-refractivity contribution in [1.29, 1.82) is 0 Å². The van der Waals surface area contributed by atoms with E-state index in [0.29, 0.717) is 0 Å². The number of hydrogen-bond acceptors (Lipinski definition) is 5. The average Bonchev–Trinajstić information content (AvgIpc) is 2.87. The molecule has 0 amide bonds. The summed E-state index contributed by atoms with van der Waals surface area (Å²) in [5.74, 6) is -1.59. The van der Waals surface area contributed by atoms with Gasteiger partial charge in [0.05, 0.1) is 5.56 Å². The highest BCUT2D eigenvalue weighted by Crippen LogP contribution is 2.41. The van der Waals surface area contributed by atoms with E-state index in [1.807, 2.05) is 0 Å². The van der Waals surface area contributed by atoms with Crippen LogP contribution in [-0.2, 0) is 12.0 Å². The van der Waals surface area contributed by atoms with Crippen molar-refractivity contribution in [2.45, 2.75) is 12.0 Å². The fourth-order valence-electron chi connectivity index (χ4n) is 2.47. The molecule has 0 aromatic heterocycles. The second-order valence-electron chi connectivity index (χ2n) is 5.25. The van der Waals surface area contributed by atoms with Gasteiger partial charge in [-0.3, -0.25) is 11.2 Å². The zero-order valence-corrected chi connectivity index (χ0v) is 12.9. The summed E-state index contributed by atoms with van der Waals surface area (Å²) >= 11 is 6.04. The Balaban J connectivity index is 2.18. The first-order chi connectivity index (χ1) is 11.2. The molecular weight excluding hydrogens is 343 g/mol. The second-order valence-corrected chi connectivity index (χ2v) is 5.66. The first-order valence-corrected chi connectivity index (χ1v) is 7.22. The van der Waals surface area contributed by atoms with Crippen LogP contribution in [0.2, 0.25) is 5.02 Å². The number of halogens is 4. The number of aliphatic imine (C=N–C) groups is 1. The van der Waals surface area contributed by atoms with E-state index >= 15 is 0 Å². The Labute approximate surface area is 140 Å². The van der Waals surface area contributed by atoms with Crippen molar-refractivity contribution < 1.29 is 13.2 Å². The summed E-state index contributed by atoms with van der Waals surface area (Å²) in [4.78, 5) is 3.89. The Morgan fingerprint density at radius 1 is 1.08 bits per heavy atom. The maximum absolute atomic E-state index is 13.6. The van der Waals surface area contributed by atoms with E-state index in [9.17, 15) is 13.2 Å². The minimum absolute atomic E-state index is 0.0127. The fraction of sp³-hybridized carbons (Fsp3) is 0.133. The van der Waals surface area contributed by atoms with Crippen molar-refractivity contribution in [3.05, 3.63) is 58.6 Å². The molecule has 0 aliphatic carbocycles. The lowest BCUT2D eigenvalue weighted by Crippen LogP contribution is -2.50. The van der Waals surface area contributed by atoms with E-state index in [4.69, 9.17) is 23.1 Å². The average molecular weight is 356 g/mol. The lowest BCUT2D eigenvalue weighted by Gasteiger charge is -2.23. The molecule has 2 aromatic rings. The van der Waals surface area contributed by atoms with Crippen molar-refractivity contribution in [2.75, 3.05) is 0 Å². The van der Waals surface area contributed by atoms with Crippen LogP contribution in [0.25, 0.3) is 11.1 Å². The van der Waals surface area contributed by atoms with Crippen LogP contribution in [-0.4, -0.2) is 5.96 Å². The van der Waals surface area contributed by atoms with E-state index in [1.54, 1.807) is 12.1 Å². The molecule has 1 aliphatic heterocycles. The van der Waals surface area contributed by atoms with Gasteiger partial charge in [0.2, 0.25) is 11.7 Å². The van der Waals surface area contributed by atoms with Crippen molar-refractivity contribution in [3.8, 4) is 11.1 Å². The lowest BCUT2D eigenvalue weighted by atomic mass is 9.95. The number of guanidine groups is 1. The third kappa shape index (κ3) is 2.91. The number of hydrazine groups is 1. The molecule has 126 valence electrons. The quantitative estimate of drug-likeness (QED) is 0.666. The summed E-state index contributed by atoms with van der Waals surface area (Å²) in [5.41, 5.74) is 16.0. The predicted octanol–water partition coefficient (Wildman–Crippen LogP) is 2.52. The fourth-order valence-corrected chi connectivity index (χ4v) is 2.71. The Kier molecular flexibility index (Phi) is 3.90. The molecule has 9 heteroatoms. The molecule has 1 atom stereocenters. The van der Waals surface area contributed by atoms with E-state index in [1.165, 1.54) is 24.3 Å². The molecule has 0 spiro atoms. The van der Waals surface area contributed by atoms with Gasteiger partial charge in [0.25, 0.3) is 0 Å². The number of hydrogen-bond donors (Lipinski definition) is 4. The zero-order valence-electron chi connectivity index (χ0n) is 12.2. The molecule has 1 heterocycles. The molecule has 24 heavy (non-hydrogen) atoms. The predicted molar refractivity (Wildman–Crippen MR) is 85.6 cm³/mol. The van der Waals surface area contributed by atoms with Crippen LogP contribution in [0.15, 0.2) is 47.5 Å². The van der Waals surface area contributed by atoms with Gasteiger partial charge in [0.1, 0.15) is 0 Å². The Morgan fingerprint density at radius 2 is 1.79 bits per heavy atom. The van der Waals surface area contributed by atoms with Crippen molar-refractivity contribution in [1.82, 2.24) is 10.9 Å². The van der Waals surface area contributed by atoms with Gasteiger partial charge in [-0.2, -0.15) is 18.6 Å². The molecule has 0 fully saturated rings. The number of benzene rings is 2.